The molecule has 0 unspecified atom stereocenters. The van der Waals surface area contributed by atoms with Gasteiger partial charge in [0, 0.05) is 7.05 Å². The van der Waals surface area contributed by atoms with E-state index in [9.17, 15) is 12.8 Å². The third kappa shape index (κ3) is 2.76. The molecule has 2 aromatic rings. The molecule has 0 fully saturated rings. The third-order valence-corrected chi connectivity index (χ3v) is 4.64. The maximum absolute atomic E-state index is 12.8. The Hall–Kier alpha value is -1.88. The van der Waals surface area contributed by atoms with E-state index in [2.05, 4.69) is 0 Å². The molecule has 0 heterocycles. The number of halogens is 1. The molecule has 0 saturated carbocycles. The van der Waals surface area contributed by atoms with E-state index in [-0.39, 0.29) is 4.90 Å². The second-order valence-electron chi connectivity index (χ2n) is 4.27. The number of aryl methyl sites for hydroxylation is 1. The Kier molecular flexibility index (Phi) is 3.57. The first-order valence-corrected chi connectivity index (χ1v) is 7.16. The van der Waals surface area contributed by atoms with Gasteiger partial charge in [-0.05, 0) is 48.9 Å². The summed E-state index contributed by atoms with van der Waals surface area (Å²) in [6, 6.07) is 12.0. The summed E-state index contributed by atoms with van der Waals surface area (Å²) in [5.41, 5.74) is 1.54. The summed E-state index contributed by atoms with van der Waals surface area (Å²) >= 11 is 0. The molecule has 0 bridgehead atoms. The monoisotopic (exact) mass is 279 g/mol. The van der Waals surface area contributed by atoms with Crippen molar-refractivity contribution < 1.29 is 12.8 Å². The molecule has 2 aromatic carbocycles. The molecule has 2 rings (SSSR count). The molecule has 0 aliphatic rings. The van der Waals surface area contributed by atoms with Crippen molar-refractivity contribution in [3.8, 4) is 0 Å². The van der Waals surface area contributed by atoms with E-state index in [0.29, 0.717) is 5.69 Å². The van der Waals surface area contributed by atoms with Crippen LogP contribution >= 0.6 is 0 Å². The summed E-state index contributed by atoms with van der Waals surface area (Å²) in [7, 11) is -2.18. The SMILES string of the molecule is Cc1cccc(N(C)S(=O)(=O)c2ccc(F)cc2)c1. The van der Waals surface area contributed by atoms with Gasteiger partial charge in [-0.25, -0.2) is 12.8 Å². The van der Waals surface area contributed by atoms with Crippen LogP contribution in [-0.4, -0.2) is 15.5 Å². The summed E-state index contributed by atoms with van der Waals surface area (Å²) in [5, 5.41) is 0. The van der Waals surface area contributed by atoms with E-state index in [0.717, 1.165) is 17.7 Å². The molecule has 0 aliphatic heterocycles. The molecule has 0 N–H and O–H groups in total. The van der Waals surface area contributed by atoms with E-state index >= 15 is 0 Å². The van der Waals surface area contributed by atoms with Crippen LogP contribution in [0.25, 0.3) is 0 Å². The van der Waals surface area contributed by atoms with Crippen molar-refractivity contribution in [1.29, 1.82) is 0 Å². The van der Waals surface area contributed by atoms with Gasteiger partial charge in [-0.3, -0.25) is 4.31 Å². The van der Waals surface area contributed by atoms with E-state index in [1.807, 2.05) is 13.0 Å². The van der Waals surface area contributed by atoms with Gasteiger partial charge in [-0.2, -0.15) is 0 Å². The number of rotatable bonds is 3. The van der Waals surface area contributed by atoms with E-state index in [1.165, 1.54) is 23.5 Å². The largest absolute Gasteiger partial charge is 0.269 e. The van der Waals surface area contributed by atoms with Crippen molar-refractivity contribution in [3.05, 3.63) is 59.9 Å². The van der Waals surface area contributed by atoms with Gasteiger partial charge in [0.25, 0.3) is 10.0 Å². The fourth-order valence-electron chi connectivity index (χ4n) is 1.73. The lowest BCUT2D eigenvalue weighted by atomic mass is 10.2. The summed E-state index contributed by atoms with van der Waals surface area (Å²) < 4.78 is 38.7. The Bertz CT molecular complexity index is 681. The normalized spacial score (nSPS) is 11.3. The number of anilines is 1. The Morgan fingerprint density at radius 2 is 1.68 bits per heavy atom. The smallest absolute Gasteiger partial charge is 0.264 e. The van der Waals surface area contributed by atoms with Gasteiger partial charge >= 0.3 is 0 Å². The van der Waals surface area contributed by atoms with Crippen LogP contribution in [0.5, 0.6) is 0 Å². The topological polar surface area (TPSA) is 37.4 Å². The minimum absolute atomic E-state index is 0.0675. The third-order valence-electron chi connectivity index (χ3n) is 2.84. The van der Waals surface area contributed by atoms with E-state index < -0.39 is 15.8 Å². The lowest BCUT2D eigenvalue weighted by Gasteiger charge is -2.19. The molecular formula is C14H14FNO2S. The first-order valence-electron chi connectivity index (χ1n) is 5.72. The average Bonchev–Trinajstić information content (AvgIpc) is 2.38. The number of hydrogen-bond donors (Lipinski definition) is 0. The van der Waals surface area contributed by atoms with Crippen molar-refractivity contribution in [2.24, 2.45) is 0 Å². The number of hydrogen-bond acceptors (Lipinski definition) is 2. The van der Waals surface area contributed by atoms with E-state index in [4.69, 9.17) is 0 Å². The van der Waals surface area contributed by atoms with Gasteiger partial charge in [0.1, 0.15) is 5.82 Å². The van der Waals surface area contributed by atoms with Crippen LogP contribution < -0.4 is 4.31 Å². The van der Waals surface area contributed by atoms with Crippen LogP contribution in [0.15, 0.2) is 53.4 Å². The Morgan fingerprint density at radius 3 is 2.26 bits per heavy atom. The first-order chi connectivity index (χ1) is 8.91. The molecule has 0 spiro atoms. The maximum atomic E-state index is 12.8. The van der Waals surface area contributed by atoms with Crippen molar-refractivity contribution in [1.82, 2.24) is 0 Å². The van der Waals surface area contributed by atoms with Crippen molar-refractivity contribution in [3.63, 3.8) is 0 Å². The molecule has 5 heteroatoms. The quantitative estimate of drug-likeness (QED) is 0.866. The van der Waals surface area contributed by atoms with Crippen LogP contribution in [0, 0.1) is 12.7 Å². The van der Waals surface area contributed by atoms with Crippen molar-refractivity contribution in [2.45, 2.75) is 11.8 Å². The molecule has 0 aliphatic carbocycles. The van der Waals surface area contributed by atoms with Crippen LogP contribution in [-0.2, 0) is 10.0 Å². The summed E-state index contributed by atoms with van der Waals surface area (Å²) in [4.78, 5) is 0.0675. The van der Waals surface area contributed by atoms with Crippen LogP contribution in [0.4, 0.5) is 10.1 Å². The van der Waals surface area contributed by atoms with Gasteiger partial charge in [0.15, 0.2) is 0 Å². The molecule has 3 nitrogen and oxygen atoms in total. The molecule has 100 valence electrons. The van der Waals surface area contributed by atoms with Crippen molar-refractivity contribution in [2.75, 3.05) is 11.4 Å². The van der Waals surface area contributed by atoms with Gasteiger partial charge in [-0.15, -0.1) is 0 Å². The molecule has 0 amide bonds. The molecular weight excluding hydrogens is 265 g/mol. The zero-order valence-corrected chi connectivity index (χ0v) is 11.5. The summed E-state index contributed by atoms with van der Waals surface area (Å²) in [6.45, 7) is 1.89. The predicted molar refractivity (Wildman–Crippen MR) is 73.2 cm³/mol. The second-order valence-corrected chi connectivity index (χ2v) is 6.23. The molecule has 0 saturated heterocycles. The zero-order chi connectivity index (χ0) is 14.0. The predicted octanol–water partition coefficient (Wildman–Crippen LogP) is 2.96. The first kappa shape index (κ1) is 13.5. The van der Waals surface area contributed by atoms with Crippen LogP contribution in [0.1, 0.15) is 5.56 Å². The number of benzene rings is 2. The minimum Gasteiger partial charge on any atom is -0.269 e. The number of sulfonamides is 1. The maximum Gasteiger partial charge on any atom is 0.264 e. The van der Waals surface area contributed by atoms with Crippen LogP contribution in [0.3, 0.4) is 0 Å². The standard InChI is InChI=1S/C14H14FNO2S/c1-11-4-3-5-13(10-11)16(2)19(17,18)14-8-6-12(15)7-9-14/h3-10H,1-2H3. The second kappa shape index (κ2) is 5.01. The highest BCUT2D eigenvalue weighted by molar-refractivity contribution is 7.92. The molecule has 0 atom stereocenters. The summed E-state index contributed by atoms with van der Waals surface area (Å²) in [5.74, 6) is -0.461. The highest BCUT2D eigenvalue weighted by Gasteiger charge is 2.21. The fourth-order valence-corrected chi connectivity index (χ4v) is 2.91. The van der Waals surface area contributed by atoms with Crippen LogP contribution in [0.2, 0.25) is 0 Å². The Balaban J connectivity index is 2.42. The molecule has 19 heavy (non-hydrogen) atoms. The minimum atomic E-state index is -3.66. The van der Waals surface area contributed by atoms with E-state index in [1.54, 1.807) is 18.2 Å². The van der Waals surface area contributed by atoms with Crippen molar-refractivity contribution >= 4 is 15.7 Å². The Labute approximate surface area is 112 Å². The fraction of sp³-hybridized carbons (Fsp3) is 0.143. The highest BCUT2D eigenvalue weighted by atomic mass is 32.2. The molecule has 0 radical (unpaired) electrons. The number of nitrogens with zero attached hydrogens (tertiary/aromatic N) is 1. The zero-order valence-electron chi connectivity index (χ0n) is 10.7. The Morgan fingerprint density at radius 1 is 1.05 bits per heavy atom. The van der Waals surface area contributed by atoms with Gasteiger partial charge in [-0.1, -0.05) is 12.1 Å². The lowest BCUT2D eigenvalue weighted by molar-refractivity contribution is 0.593. The molecule has 0 aromatic heterocycles. The van der Waals surface area contributed by atoms with Gasteiger partial charge in [0.2, 0.25) is 0 Å². The summed E-state index contributed by atoms with van der Waals surface area (Å²) in [6.07, 6.45) is 0. The van der Waals surface area contributed by atoms with Gasteiger partial charge in [0.05, 0.1) is 10.6 Å². The average molecular weight is 279 g/mol. The highest BCUT2D eigenvalue weighted by Crippen LogP contribution is 2.22. The lowest BCUT2D eigenvalue weighted by Crippen LogP contribution is -2.26. The van der Waals surface area contributed by atoms with Gasteiger partial charge < -0.3 is 0 Å².